The van der Waals surface area contributed by atoms with Crippen molar-refractivity contribution < 1.29 is 61.8 Å². The third-order valence-electron chi connectivity index (χ3n) is 31.8. The Bertz CT molecular complexity index is 3170. The van der Waals surface area contributed by atoms with Gasteiger partial charge in [-0.2, -0.15) is 5.26 Å². The van der Waals surface area contributed by atoms with E-state index in [-0.39, 0.29) is 59.2 Å². The molecule has 124 heavy (non-hydrogen) atoms. The number of nitrogens with zero attached hydrogens (tertiary/aromatic N) is 2. The summed E-state index contributed by atoms with van der Waals surface area (Å²) in [6, 6.07) is 6.45. The Hall–Kier alpha value is -3.19. The molecule has 1 aromatic heterocycles. The molecule has 1 heterocycles. The number of hydrogen-bond acceptors (Lipinski definition) is 3. The van der Waals surface area contributed by atoms with E-state index in [2.05, 4.69) is 167 Å². The van der Waals surface area contributed by atoms with E-state index >= 15 is 0 Å². The number of alkyl halides is 13. The van der Waals surface area contributed by atoms with Gasteiger partial charge in [0.1, 0.15) is 28.8 Å². The summed E-state index contributed by atoms with van der Waals surface area (Å²) in [4.78, 5) is 4.14. The maximum atomic E-state index is 13.1. The summed E-state index contributed by atoms with van der Waals surface area (Å²) < 4.78 is 169. The van der Waals surface area contributed by atoms with Gasteiger partial charge >= 0.3 is 0 Å². The van der Waals surface area contributed by atoms with Crippen molar-refractivity contribution in [2.75, 3.05) is 7.11 Å². The van der Waals surface area contributed by atoms with Crippen LogP contribution < -0.4 is 0 Å². The molecule has 0 radical (unpaired) electrons. The molecule has 0 amide bonds. The summed E-state index contributed by atoms with van der Waals surface area (Å²) in [5, 5.41) is 8.76. The first kappa shape index (κ1) is 117. The molecule has 3 nitrogen and oxygen atoms in total. The predicted molar refractivity (Wildman–Crippen MR) is 497 cm³/mol. The van der Waals surface area contributed by atoms with Crippen LogP contribution in [0.25, 0.3) is 0 Å². The molecule has 724 valence electrons. The molecule has 0 bridgehead atoms. The summed E-state index contributed by atoms with van der Waals surface area (Å²) in [5.41, 5.74) is -3.67. The van der Waals surface area contributed by atoms with Crippen molar-refractivity contribution in [3.05, 3.63) is 30.1 Å². The van der Waals surface area contributed by atoms with E-state index in [1.165, 1.54) is 51.0 Å². The van der Waals surface area contributed by atoms with Crippen LogP contribution in [0.2, 0.25) is 0 Å². The van der Waals surface area contributed by atoms with Gasteiger partial charge in [0.05, 0.1) is 6.07 Å². The van der Waals surface area contributed by atoms with Crippen LogP contribution in [-0.2, 0) is 4.74 Å². The highest BCUT2D eigenvalue weighted by Crippen LogP contribution is 2.61. The average Bonchev–Trinajstić information content (AvgIpc) is 1.58. The van der Waals surface area contributed by atoms with Crippen LogP contribution in [0.4, 0.5) is 57.1 Å². The molecule has 1 aromatic rings. The van der Waals surface area contributed by atoms with Gasteiger partial charge in [-0.1, -0.05) is 206 Å². The van der Waals surface area contributed by atoms with Gasteiger partial charge in [0.25, 0.3) is 0 Å². The maximum Gasteiger partial charge on any atom is 0.248 e. The largest absolute Gasteiger partial charge is 0.363 e. The van der Waals surface area contributed by atoms with E-state index in [1.807, 2.05) is 60.0 Å². The van der Waals surface area contributed by atoms with Gasteiger partial charge < -0.3 is 4.74 Å². The fourth-order valence-corrected chi connectivity index (χ4v) is 19.9. The Morgan fingerprint density at radius 1 is 0.427 bits per heavy atom. The zero-order valence-electron chi connectivity index (χ0n) is 85.3. The molecule has 1 unspecified atom stereocenters. The minimum atomic E-state index is -2.44. The summed E-state index contributed by atoms with van der Waals surface area (Å²) in [6.45, 7) is 69.7. The van der Waals surface area contributed by atoms with Crippen molar-refractivity contribution in [1.29, 1.82) is 5.26 Å². The highest BCUT2D eigenvalue weighted by molar-refractivity contribution is 5.23. The third kappa shape index (κ3) is 37.8. The van der Waals surface area contributed by atoms with Crippen LogP contribution in [0, 0.1) is 211 Å². The van der Waals surface area contributed by atoms with E-state index in [0.717, 1.165) is 139 Å². The highest BCUT2D eigenvalue weighted by atomic mass is 19.3. The van der Waals surface area contributed by atoms with Crippen molar-refractivity contribution in [3.8, 4) is 30.8 Å². The second-order valence-corrected chi connectivity index (χ2v) is 47.7. The molecule has 11 atom stereocenters. The fraction of sp³-hybridized carbons (Fsp3) is 0.907. The molecule has 13 aliphatic carbocycles. The van der Waals surface area contributed by atoms with Crippen LogP contribution >= 0.6 is 0 Å². The van der Waals surface area contributed by atoms with Gasteiger partial charge in [-0.3, -0.25) is 4.98 Å². The van der Waals surface area contributed by atoms with E-state index in [1.54, 1.807) is 48.7 Å². The third-order valence-corrected chi connectivity index (χ3v) is 31.8. The summed E-state index contributed by atoms with van der Waals surface area (Å²) in [5.74, 6) is 14.8. The van der Waals surface area contributed by atoms with Crippen LogP contribution in [0.5, 0.6) is 0 Å². The number of halogens is 13. The molecule has 0 saturated heterocycles. The second kappa shape index (κ2) is 47.4. The minimum Gasteiger partial charge on any atom is -0.363 e. The number of aromatic nitrogens is 1. The number of rotatable bonds is 20. The number of pyridine rings is 1. The molecule has 0 aromatic carbocycles. The molecule has 14 rings (SSSR count). The van der Waals surface area contributed by atoms with E-state index in [4.69, 9.17) is 22.8 Å². The number of nitriles is 1. The van der Waals surface area contributed by atoms with E-state index in [0.29, 0.717) is 82.3 Å². The molecule has 13 aliphatic rings. The summed E-state index contributed by atoms with van der Waals surface area (Å²) in [6.07, 6.45) is 27.9. The summed E-state index contributed by atoms with van der Waals surface area (Å²) in [7, 11) is 1.62. The number of hydrogen-bond donors (Lipinski definition) is 0. The van der Waals surface area contributed by atoms with Crippen molar-refractivity contribution in [2.45, 2.75) is 442 Å². The molecule has 0 N–H and O–H groups in total. The van der Waals surface area contributed by atoms with Crippen molar-refractivity contribution in [2.24, 2.45) is 175 Å². The van der Waals surface area contributed by atoms with Crippen LogP contribution in [-0.4, -0.2) is 71.2 Å². The van der Waals surface area contributed by atoms with Crippen LogP contribution in [0.15, 0.2) is 24.5 Å². The lowest BCUT2D eigenvalue weighted by molar-refractivity contribution is -0.167. The lowest BCUT2D eigenvalue weighted by Gasteiger charge is -2.52. The van der Waals surface area contributed by atoms with Crippen molar-refractivity contribution in [1.82, 2.24) is 4.98 Å². The van der Waals surface area contributed by atoms with E-state index in [9.17, 15) is 57.1 Å². The fourth-order valence-electron chi connectivity index (χ4n) is 19.9. The van der Waals surface area contributed by atoms with Crippen molar-refractivity contribution in [3.63, 3.8) is 0 Å². The van der Waals surface area contributed by atoms with Gasteiger partial charge in [0, 0.05) is 53.5 Å². The van der Waals surface area contributed by atoms with Gasteiger partial charge in [0.2, 0.25) is 24.7 Å². The topological polar surface area (TPSA) is 45.9 Å². The Labute approximate surface area is 753 Å². The standard InChI is InChI=1S/C11H15N.C9H15F3.2C9H17F.C9H15NO.2C8H14F2.2C8H15F.2C8H12.C7H12F2.C6H12/c1-8(2)10-6-11(10)9-4-3-5-12-7-9;1-6(2)9(7(10)11)4-8(3,12)5-9;2*1-7(2)8(3)5-9(4,10)6-8;1-7(2)8-4-9(5-8,6-10)11-3;2*1-5(2)6-4-7(6)8(3,9)10;1-6(2)7-4-8(3,9)5-7;1-5(2)7-4-8(7)6(3)9;1-4-8(5-6-8)7(2)3;1-4-7-5-8(7)6(2)3;1-5(2)7(3-4-7)6(8)9;1-5(2)6-3-4-6/h3-5,7-8,10-11H,6H2,1-2H3;6-7H,4-5H2,1-3H3;2*7H,5-6H2,1-4H3;7-8H,4-5H2,1-3H3;2*5-7H,4H2,1-3H3;6-7H,4-5H2,1-3H3;5-8H,4H2,1-3H3;1,7H,5-6H2,2-3H3;1,6-8H,5H2,2-3H3;5-6H,3-4H2,1-2H3;5-6H,3-4H2,1-2H3/t10-,11-;;;;;2*6-,7+;;6?,7-,8-;;7-,8+;;/m0....00.0.1../s1. The first-order valence-electron chi connectivity index (χ1n) is 48.8. The average molecular weight is 1770 g/mol. The van der Waals surface area contributed by atoms with Gasteiger partial charge in [0.15, 0.2) is 5.60 Å². The Morgan fingerprint density at radius 3 is 0.919 bits per heavy atom. The Balaban J connectivity index is 0.000000456. The smallest absolute Gasteiger partial charge is 0.248 e. The first-order valence-corrected chi connectivity index (χ1v) is 48.8. The number of ether oxygens (including phenoxy) is 1. The minimum absolute atomic E-state index is 0.00926. The number of terminal acetylenes is 2. The summed E-state index contributed by atoms with van der Waals surface area (Å²) >= 11 is 0. The molecule has 0 aliphatic heterocycles. The first-order chi connectivity index (χ1) is 56.3. The number of methoxy groups -OCH3 is 1. The molecule has 13 saturated carbocycles. The van der Waals surface area contributed by atoms with Crippen LogP contribution in [0.1, 0.15) is 389 Å². The zero-order chi connectivity index (χ0) is 96.5. The van der Waals surface area contributed by atoms with Gasteiger partial charge in [-0.05, 0) is 342 Å². The Morgan fingerprint density at radius 2 is 0.798 bits per heavy atom. The molecular weight excluding hydrogens is 1590 g/mol. The quantitative estimate of drug-likeness (QED) is 0.0965. The SMILES string of the molecule is C#CC1(C(C)C)CC1.C#C[C@@H]1C[C@H]1C(C)C.CC(C)C1(C(F)F)CC(C)(F)C1.CC(C)C1(C(F)F)CC1.CC(C)C1(C)CC(C)(F)C1.CC(C)C1(C)CC(C)(F)C1.CC(C)C1CC(C)(F)C1.CC(C)C1CC1.CC(C)[C@@H]1C[C@H]1C(C)(F)F.CC(C)[C@@H]1C[C@H]1C(C)(F)F.CC(C)[C@@H]1C[C@H]1C(C)F.CC(C)[C@@H]1C[C@H]1c1cccnc1.COC1(C#N)CC(C(C)C)C1. The lowest BCUT2D eigenvalue weighted by atomic mass is 9.56. The second-order valence-electron chi connectivity index (χ2n) is 47.7. The van der Waals surface area contributed by atoms with Gasteiger partial charge in [-0.15, -0.1) is 18.8 Å². The highest BCUT2D eigenvalue weighted by Gasteiger charge is 2.60. The molecule has 13 fully saturated rings. The maximum absolute atomic E-state index is 13.1. The normalized spacial score (nSPS) is 35.2. The van der Waals surface area contributed by atoms with Crippen LogP contribution in [0.3, 0.4) is 0 Å². The molecular formula is C108H185F13N2O. The predicted octanol–water partition coefficient (Wildman–Crippen LogP) is 34.6. The van der Waals surface area contributed by atoms with Gasteiger partial charge in [-0.25, -0.2) is 57.1 Å². The van der Waals surface area contributed by atoms with Crippen molar-refractivity contribution >= 4 is 0 Å². The molecule has 16 heteroatoms. The monoisotopic (exact) mass is 1770 g/mol. The lowest BCUT2D eigenvalue weighted by Crippen LogP contribution is -2.54. The molecule has 0 spiro atoms. The Kier molecular flexibility index (Phi) is 44.7. The van der Waals surface area contributed by atoms with E-state index < -0.39 is 70.0 Å². The zero-order valence-corrected chi connectivity index (χ0v) is 85.3.